The van der Waals surface area contributed by atoms with Crippen molar-refractivity contribution in [3.63, 3.8) is 0 Å². The van der Waals surface area contributed by atoms with Crippen LogP contribution in [0.4, 0.5) is 11.6 Å². The van der Waals surface area contributed by atoms with Gasteiger partial charge >= 0.3 is 0 Å². The van der Waals surface area contributed by atoms with Crippen LogP contribution in [-0.4, -0.2) is 61.1 Å². The number of amides is 2. The number of pyridine rings is 1. The third-order valence-electron chi connectivity index (χ3n) is 7.40. The van der Waals surface area contributed by atoms with E-state index in [2.05, 4.69) is 21.9 Å². The molecule has 12 heteroatoms. The molecular weight excluding hydrogens is 611 g/mol. The van der Waals surface area contributed by atoms with E-state index in [9.17, 15) is 9.59 Å². The Bertz CT molecular complexity index is 1620. The van der Waals surface area contributed by atoms with Crippen molar-refractivity contribution in [1.82, 2.24) is 29.6 Å². The van der Waals surface area contributed by atoms with Crippen LogP contribution in [0.15, 0.2) is 55.3 Å². The van der Waals surface area contributed by atoms with E-state index in [1.54, 1.807) is 42.6 Å². The number of likely N-dealkylation sites (tertiary alicyclic amines) is 1. The van der Waals surface area contributed by atoms with Crippen molar-refractivity contribution < 1.29 is 14.3 Å². The van der Waals surface area contributed by atoms with Gasteiger partial charge in [-0.05, 0) is 55.2 Å². The zero-order valence-corrected chi connectivity index (χ0v) is 23.2. The summed E-state index contributed by atoms with van der Waals surface area (Å²) in [5.74, 6) is 1.19. The number of aromatic nitrogens is 5. The van der Waals surface area contributed by atoms with Gasteiger partial charge in [-0.3, -0.25) is 9.59 Å². The molecule has 3 N–H and O–H groups in total. The van der Waals surface area contributed by atoms with Gasteiger partial charge in [0.05, 0.1) is 24.6 Å². The van der Waals surface area contributed by atoms with E-state index in [1.165, 1.54) is 13.2 Å². The number of hydrogen-bond acceptors (Lipinski definition) is 8. The van der Waals surface area contributed by atoms with Gasteiger partial charge in [-0.1, -0.05) is 12.6 Å². The topological polar surface area (TPSA) is 141 Å². The molecule has 39 heavy (non-hydrogen) atoms. The predicted octanol–water partition coefficient (Wildman–Crippen LogP) is 3.68. The number of carbonyl (C=O) groups excluding carboxylic acids is 2. The Labute approximate surface area is 237 Å². The fourth-order valence-corrected chi connectivity index (χ4v) is 6.22. The Kier molecular flexibility index (Phi) is 6.41. The minimum Gasteiger partial charge on any atom is -0.496 e. The first kappa shape index (κ1) is 25.2. The van der Waals surface area contributed by atoms with Gasteiger partial charge in [0.2, 0.25) is 5.91 Å². The molecule has 11 nitrogen and oxygen atoms in total. The summed E-state index contributed by atoms with van der Waals surface area (Å²) in [6, 6.07) is 10.4. The second-order valence-corrected chi connectivity index (χ2v) is 10.6. The van der Waals surface area contributed by atoms with E-state index in [1.807, 2.05) is 32.2 Å². The van der Waals surface area contributed by atoms with Crippen molar-refractivity contribution >= 4 is 57.1 Å². The highest BCUT2D eigenvalue weighted by atomic mass is 127. The third kappa shape index (κ3) is 4.37. The standard InChI is InChI=1S/C27H25IN8O3/c1-3-21(37)35-13-14-10-17(35)18(11-14)36-25-22(24(29)32-27(28)33-25)23(34-36)16-8-7-15(12-19(16)39-2)26(38)31-20-6-4-5-9-30-20/h3-9,12,14,17-18H,1,10-11,13H2,2H3,(H2,29,32,33)(H,30,31,38)/t14-,17+,18+/m1/s1. The number of benzene rings is 1. The Balaban J connectivity index is 1.43. The molecule has 2 amide bonds. The number of nitrogen functional groups attached to an aromatic ring is 1. The first-order valence-electron chi connectivity index (χ1n) is 12.4. The molecule has 2 aliphatic rings. The Morgan fingerprint density at radius 2 is 2.03 bits per heavy atom. The van der Waals surface area contributed by atoms with Gasteiger partial charge in [0.25, 0.3) is 5.91 Å². The van der Waals surface area contributed by atoms with Crippen LogP contribution in [0.1, 0.15) is 29.2 Å². The molecule has 0 spiro atoms. The molecule has 6 rings (SSSR count). The van der Waals surface area contributed by atoms with Gasteiger partial charge in [-0.25, -0.2) is 19.6 Å². The number of rotatable bonds is 6. The van der Waals surface area contributed by atoms with Crippen LogP contribution >= 0.6 is 22.6 Å². The van der Waals surface area contributed by atoms with Gasteiger partial charge in [0.1, 0.15) is 23.1 Å². The number of hydrogen-bond donors (Lipinski definition) is 2. The summed E-state index contributed by atoms with van der Waals surface area (Å²) in [6.45, 7) is 4.39. The van der Waals surface area contributed by atoms with Crippen molar-refractivity contribution in [1.29, 1.82) is 0 Å². The highest BCUT2D eigenvalue weighted by molar-refractivity contribution is 14.1. The normalized spacial score (nSPS) is 19.8. The van der Waals surface area contributed by atoms with E-state index in [-0.39, 0.29) is 23.9 Å². The molecule has 1 saturated carbocycles. The van der Waals surface area contributed by atoms with Crippen LogP contribution in [0.5, 0.6) is 5.75 Å². The number of fused-ring (bicyclic) bond motifs is 3. The van der Waals surface area contributed by atoms with Crippen LogP contribution in [0.25, 0.3) is 22.3 Å². The average molecular weight is 636 g/mol. The fourth-order valence-electron chi connectivity index (χ4n) is 5.73. The summed E-state index contributed by atoms with van der Waals surface area (Å²) in [4.78, 5) is 40.6. The lowest BCUT2D eigenvalue weighted by molar-refractivity contribution is -0.128. The molecule has 2 bridgehead atoms. The van der Waals surface area contributed by atoms with E-state index >= 15 is 0 Å². The third-order valence-corrected chi connectivity index (χ3v) is 7.88. The molecule has 198 valence electrons. The van der Waals surface area contributed by atoms with Gasteiger partial charge < -0.3 is 20.7 Å². The number of ether oxygens (including phenoxy) is 1. The summed E-state index contributed by atoms with van der Waals surface area (Å²) in [5, 5.41) is 8.39. The molecule has 1 aliphatic heterocycles. The maximum Gasteiger partial charge on any atom is 0.256 e. The second-order valence-electron chi connectivity index (χ2n) is 9.62. The number of halogens is 1. The van der Waals surface area contributed by atoms with E-state index in [0.717, 1.165) is 19.4 Å². The van der Waals surface area contributed by atoms with Gasteiger partial charge in [-0.15, -0.1) is 0 Å². The SMILES string of the molecule is C=CC(=O)N1C[C@@H]2C[C@H]1[C@@H](n1nc(-c3ccc(C(=O)Nc4ccccn4)cc3OC)c3c(N)nc(I)nc31)C2. The number of nitrogens with zero attached hydrogens (tertiary/aromatic N) is 6. The number of methoxy groups -OCH3 is 1. The number of anilines is 2. The monoisotopic (exact) mass is 636 g/mol. The lowest BCUT2D eigenvalue weighted by Gasteiger charge is -2.32. The predicted molar refractivity (Wildman–Crippen MR) is 154 cm³/mol. The molecule has 3 atom stereocenters. The largest absolute Gasteiger partial charge is 0.496 e. The maximum absolute atomic E-state index is 12.9. The minimum absolute atomic E-state index is 0.00938. The van der Waals surface area contributed by atoms with Crippen molar-refractivity contribution in [3.05, 3.63) is 64.6 Å². The van der Waals surface area contributed by atoms with Crippen LogP contribution in [0, 0.1) is 9.75 Å². The quantitative estimate of drug-likeness (QED) is 0.186. The van der Waals surface area contributed by atoms with Crippen LogP contribution in [0.3, 0.4) is 0 Å². The molecule has 0 radical (unpaired) electrons. The smallest absolute Gasteiger partial charge is 0.256 e. The van der Waals surface area contributed by atoms with Crippen molar-refractivity contribution in [3.8, 4) is 17.0 Å². The molecule has 2 fully saturated rings. The first-order valence-corrected chi connectivity index (χ1v) is 13.5. The number of nitrogens with one attached hydrogen (secondary N) is 1. The molecule has 0 unspecified atom stereocenters. The summed E-state index contributed by atoms with van der Waals surface area (Å²) in [6.07, 6.45) is 4.76. The zero-order valence-electron chi connectivity index (χ0n) is 21.0. The summed E-state index contributed by atoms with van der Waals surface area (Å²) >= 11 is 2.04. The Morgan fingerprint density at radius 1 is 1.21 bits per heavy atom. The molecular formula is C27H25IN8O3. The lowest BCUT2D eigenvalue weighted by atomic mass is 10.0. The molecule has 1 aromatic carbocycles. The van der Waals surface area contributed by atoms with Crippen LogP contribution in [0.2, 0.25) is 0 Å². The lowest BCUT2D eigenvalue weighted by Crippen LogP contribution is -2.42. The molecule has 1 saturated heterocycles. The number of carbonyl (C=O) groups is 2. The number of piperidine rings is 1. The summed E-state index contributed by atoms with van der Waals surface area (Å²) in [5.41, 5.74) is 8.64. The Hall–Kier alpha value is -4.07. The molecule has 4 heterocycles. The molecule has 1 aliphatic carbocycles. The minimum atomic E-state index is -0.319. The molecule has 3 aromatic heterocycles. The Morgan fingerprint density at radius 3 is 2.74 bits per heavy atom. The highest BCUT2D eigenvalue weighted by Crippen LogP contribution is 2.47. The van der Waals surface area contributed by atoms with E-state index in [4.69, 9.17) is 20.6 Å². The van der Waals surface area contributed by atoms with Crippen LogP contribution < -0.4 is 15.8 Å². The van der Waals surface area contributed by atoms with Gasteiger partial charge in [-0.2, -0.15) is 5.10 Å². The number of nitrogens with two attached hydrogens (primary N) is 1. The highest BCUT2D eigenvalue weighted by Gasteiger charge is 2.48. The van der Waals surface area contributed by atoms with Crippen molar-refractivity contribution in [2.45, 2.75) is 24.9 Å². The summed E-state index contributed by atoms with van der Waals surface area (Å²) in [7, 11) is 1.54. The van der Waals surface area contributed by atoms with E-state index < -0.39 is 0 Å². The van der Waals surface area contributed by atoms with Crippen molar-refractivity contribution in [2.24, 2.45) is 5.92 Å². The van der Waals surface area contributed by atoms with Gasteiger partial charge in [0.15, 0.2) is 9.48 Å². The van der Waals surface area contributed by atoms with Crippen LogP contribution in [-0.2, 0) is 4.79 Å². The first-order chi connectivity index (χ1) is 18.9. The van der Waals surface area contributed by atoms with E-state index in [0.29, 0.717) is 55.0 Å². The molecule has 4 aromatic rings. The average Bonchev–Trinajstić information content (AvgIpc) is 3.65. The van der Waals surface area contributed by atoms with Crippen molar-refractivity contribution in [2.75, 3.05) is 24.7 Å². The second kappa shape index (κ2) is 9.91. The van der Waals surface area contributed by atoms with Gasteiger partial charge in [0, 0.05) is 46.5 Å². The fraction of sp³-hybridized carbons (Fsp3) is 0.259. The maximum atomic E-state index is 12.9. The zero-order chi connectivity index (χ0) is 27.3. The summed E-state index contributed by atoms with van der Waals surface area (Å²) < 4.78 is 8.10.